The highest BCUT2D eigenvalue weighted by Gasteiger charge is 2.33. The molecule has 0 bridgehead atoms. The molecule has 3 rings (SSSR count). The molecular formula is C13H23N5O. The zero-order valence-corrected chi connectivity index (χ0v) is 11.8. The number of H-pyrrole nitrogens is 1. The van der Waals surface area contributed by atoms with Gasteiger partial charge in [0, 0.05) is 26.2 Å². The van der Waals surface area contributed by atoms with Gasteiger partial charge >= 0.3 is 0 Å². The minimum absolute atomic E-state index is 0.0108. The van der Waals surface area contributed by atoms with Gasteiger partial charge in [0.1, 0.15) is 11.9 Å². The average Bonchev–Trinajstić information content (AvgIpc) is 2.99. The van der Waals surface area contributed by atoms with E-state index in [9.17, 15) is 0 Å². The van der Waals surface area contributed by atoms with Gasteiger partial charge in [0.05, 0.1) is 6.61 Å². The fourth-order valence-electron chi connectivity index (χ4n) is 3.05. The quantitative estimate of drug-likeness (QED) is 0.832. The normalized spacial score (nSPS) is 32.8. The summed E-state index contributed by atoms with van der Waals surface area (Å²) in [5, 5.41) is 10.6. The molecule has 2 atom stereocenters. The standard InChI is InChI=1S/C13H23N5O/c1-10-15-12(17-16-10)11-7-18(5-6-19-11)9-13(2)3-4-14-8-13/h11,14H,3-9H2,1-2H3,(H,15,16,17). The third kappa shape index (κ3) is 2.96. The minimum Gasteiger partial charge on any atom is -0.367 e. The molecule has 2 aliphatic rings. The van der Waals surface area contributed by atoms with Crippen molar-refractivity contribution in [2.45, 2.75) is 26.4 Å². The first-order valence-electron chi connectivity index (χ1n) is 7.08. The Kier molecular flexibility index (Phi) is 3.56. The van der Waals surface area contributed by atoms with Crippen LogP contribution in [0.5, 0.6) is 0 Å². The topological polar surface area (TPSA) is 66.1 Å². The molecule has 6 heteroatoms. The summed E-state index contributed by atoms with van der Waals surface area (Å²) in [7, 11) is 0. The Morgan fingerprint density at radius 3 is 3.11 bits per heavy atom. The Balaban J connectivity index is 1.61. The summed E-state index contributed by atoms with van der Waals surface area (Å²) in [5.41, 5.74) is 0.400. The van der Waals surface area contributed by atoms with Gasteiger partial charge in [-0.05, 0) is 25.3 Å². The van der Waals surface area contributed by atoms with E-state index in [0.717, 1.165) is 51.0 Å². The van der Waals surface area contributed by atoms with Crippen molar-refractivity contribution in [2.24, 2.45) is 5.41 Å². The van der Waals surface area contributed by atoms with Crippen molar-refractivity contribution in [3.8, 4) is 0 Å². The van der Waals surface area contributed by atoms with Crippen molar-refractivity contribution in [3.63, 3.8) is 0 Å². The zero-order chi connectivity index (χ0) is 13.3. The third-order valence-electron chi connectivity index (χ3n) is 4.12. The molecule has 0 spiro atoms. The number of rotatable bonds is 3. The number of aryl methyl sites for hydroxylation is 1. The highest BCUT2D eigenvalue weighted by molar-refractivity contribution is 4.96. The van der Waals surface area contributed by atoms with Crippen molar-refractivity contribution in [1.82, 2.24) is 25.4 Å². The largest absolute Gasteiger partial charge is 0.367 e. The van der Waals surface area contributed by atoms with Crippen molar-refractivity contribution in [1.29, 1.82) is 0 Å². The lowest BCUT2D eigenvalue weighted by Gasteiger charge is -2.36. The smallest absolute Gasteiger partial charge is 0.180 e. The van der Waals surface area contributed by atoms with E-state index in [4.69, 9.17) is 4.74 Å². The summed E-state index contributed by atoms with van der Waals surface area (Å²) >= 11 is 0. The fourth-order valence-corrected chi connectivity index (χ4v) is 3.05. The molecule has 0 aliphatic carbocycles. The molecular weight excluding hydrogens is 242 g/mol. The van der Waals surface area contributed by atoms with E-state index in [1.165, 1.54) is 6.42 Å². The van der Waals surface area contributed by atoms with Gasteiger partial charge in [0.2, 0.25) is 0 Å². The summed E-state index contributed by atoms with van der Waals surface area (Å²) in [5.74, 6) is 1.64. The van der Waals surface area contributed by atoms with Crippen LogP contribution in [-0.4, -0.2) is 59.4 Å². The molecule has 2 fully saturated rings. The summed E-state index contributed by atoms with van der Waals surface area (Å²) in [6.45, 7) is 10.4. The molecule has 106 valence electrons. The Bertz CT molecular complexity index is 426. The van der Waals surface area contributed by atoms with E-state index in [0.29, 0.717) is 5.41 Å². The number of ether oxygens (including phenoxy) is 1. The van der Waals surface area contributed by atoms with Gasteiger partial charge in [-0.2, -0.15) is 5.10 Å². The molecule has 2 N–H and O–H groups in total. The Morgan fingerprint density at radius 2 is 2.42 bits per heavy atom. The molecule has 1 aromatic rings. The van der Waals surface area contributed by atoms with Gasteiger partial charge in [-0.1, -0.05) is 6.92 Å². The maximum atomic E-state index is 5.80. The highest BCUT2D eigenvalue weighted by Crippen LogP contribution is 2.28. The van der Waals surface area contributed by atoms with E-state index in [1.807, 2.05) is 6.92 Å². The fraction of sp³-hybridized carbons (Fsp3) is 0.846. The Morgan fingerprint density at radius 1 is 1.53 bits per heavy atom. The van der Waals surface area contributed by atoms with Gasteiger partial charge in [-0.3, -0.25) is 10.00 Å². The molecule has 2 saturated heterocycles. The summed E-state index contributed by atoms with van der Waals surface area (Å²) in [4.78, 5) is 6.88. The molecule has 3 heterocycles. The third-order valence-corrected chi connectivity index (χ3v) is 4.12. The average molecular weight is 265 g/mol. The maximum Gasteiger partial charge on any atom is 0.180 e. The van der Waals surface area contributed by atoms with Crippen molar-refractivity contribution in [3.05, 3.63) is 11.6 Å². The first-order chi connectivity index (χ1) is 9.15. The van der Waals surface area contributed by atoms with Crippen LogP contribution >= 0.6 is 0 Å². The molecule has 19 heavy (non-hydrogen) atoms. The summed E-state index contributed by atoms with van der Waals surface area (Å²) < 4.78 is 5.80. The van der Waals surface area contributed by atoms with Crippen LogP contribution in [0.25, 0.3) is 0 Å². The number of morpholine rings is 1. The van der Waals surface area contributed by atoms with E-state index in [1.54, 1.807) is 0 Å². The number of hydrogen-bond donors (Lipinski definition) is 2. The molecule has 0 amide bonds. The lowest BCUT2D eigenvalue weighted by Crippen LogP contribution is -2.44. The first kappa shape index (κ1) is 13.0. The summed E-state index contributed by atoms with van der Waals surface area (Å²) in [6, 6.07) is 0. The Hall–Kier alpha value is -0.980. The van der Waals surface area contributed by atoms with Crippen molar-refractivity contribution < 1.29 is 4.74 Å². The van der Waals surface area contributed by atoms with Crippen LogP contribution < -0.4 is 5.32 Å². The van der Waals surface area contributed by atoms with E-state index in [-0.39, 0.29) is 6.10 Å². The molecule has 0 saturated carbocycles. The monoisotopic (exact) mass is 265 g/mol. The summed E-state index contributed by atoms with van der Waals surface area (Å²) in [6.07, 6.45) is 1.27. The van der Waals surface area contributed by atoms with E-state index in [2.05, 4.69) is 32.3 Å². The van der Waals surface area contributed by atoms with Crippen LogP contribution in [0.4, 0.5) is 0 Å². The Labute approximate surface area is 113 Å². The lowest BCUT2D eigenvalue weighted by atomic mass is 9.89. The van der Waals surface area contributed by atoms with Crippen LogP contribution in [0, 0.1) is 12.3 Å². The maximum absolute atomic E-state index is 5.80. The van der Waals surface area contributed by atoms with Crippen LogP contribution in [0.15, 0.2) is 0 Å². The molecule has 0 aromatic carbocycles. The second-order valence-electron chi connectivity index (χ2n) is 6.11. The van der Waals surface area contributed by atoms with Gasteiger partial charge in [-0.15, -0.1) is 0 Å². The van der Waals surface area contributed by atoms with Gasteiger partial charge in [-0.25, -0.2) is 4.98 Å². The first-order valence-corrected chi connectivity index (χ1v) is 7.08. The van der Waals surface area contributed by atoms with Crippen LogP contribution in [0.3, 0.4) is 0 Å². The number of aromatic nitrogens is 3. The SMILES string of the molecule is Cc1nc(C2CN(CC3(C)CCNC3)CCO2)n[nH]1. The highest BCUT2D eigenvalue weighted by atomic mass is 16.5. The zero-order valence-electron chi connectivity index (χ0n) is 11.8. The van der Waals surface area contributed by atoms with Crippen molar-refractivity contribution >= 4 is 0 Å². The molecule has 6 nitrogen and oxygen atoms in total. The predicted octanol–water partition coefficient (Wildman–Crippen LogP) is 0.486. The number of aromatic amines is 1. The minimum atomic E-state index is 0.0108. The van der Waals surface area contributed by atoms with Gasteiger partial charge in [0.25, 0.3) is 0 Å². The lowest BCUT2D eigenvalue weighted by molar-refractivity contribution is -0.0439. The molecule has 0 radical (unpaired) electrons. The predicted molar refractivity (Wildman–Crippen MR) is 71.8 cm³/mol. The number of hydrogen-bond acceptors (Lipinski definition) is 5. The van der Waals surface area contributed by atoms with Gasteiger partial charge in [0.15, 0.2) is 5.82 Å². The molecule has 2 aliphatic heterocycles. The molecule has 2 unspecified atom stereocenters. The van der Waals surface area contributed by atoms with Crippen LogP contribution in [0.2, 0.25) is 0 Å². The van der Waals surface area contributed by atoms with Crippen LogP contribution in [-0.2, 0) is 4.74 Å². The van der Waals surface area contributed by atoms with E-state index >= 15 is 0 Å². The van der Waals surface area contributed by atoms with Crippen molar-refractivity contribution in [2.75, 3.05) is 39.3 Å². The second kappa shape index (κ2) is 5.19. The second-order valence-corrected chi connectivity index (χ2v) is 6.11. The number of nitrogens with zero attached hydrogens (tertiary/aromatic N) is 3. The van der Waals surface area contributed by atoms with Gasteiger partial charge < -0.3 is 10.1 Å². The van der Waals surface area contributed by atoms with E-state index < -0.39 is 0 Å². The number of nitrogens with one attached hydrogen (secondary N) is 2. The molecule has 1 aromatic heterocycles. The van der Waals surface area contributed by atoms with Crippen LogP contribution in [0.1, 0.15) is 31.1 Å².